The number of nitrogens with zero attached hydrogens (tertiary/aromatic N) is 5. The van der Waals surface area contributed by atoms with E-state index < -0.39 is 0 Å². The van der Waals surface area contributed by atoms with E-state index in [9.17, 15) is 4.79 Å². The zero-order valence-electron chi connectivity index (χ0n) is 13.2. The maximum absolute atomic E-state index is 11.5. The standard InChI is InChI=1S/C16H15N5O2S/c1-11-19-16(24-20-11)21(14-9-17-7-8-18-14)10-12-3-5-13(6-4-12)15(22)23-2/h3-9H,10H2,1-2H3. The fraction of sp³-hybridized carbons (Fsp3) is 0.188. The lowest BCUT2D eigenvalue weighted by molar-refractivity contribution is 0.0600. The third-order valence-electron chi connectivity index (χ3n) is 3.29. The van der Waals surface area contributed by atoms with Gasteiger partial charge >= 0.3 is 5.97 Å². The molecule has 0 saturated heterocycles. The van der Waals surface area contributed by atoms with Gasteiger partial charge in [0.1, 0.15) is 5.82 Å². The van der Waals surface area contributed by atoms with Crippen molar-refractivity contribution >= 4 is 28.5 Å². The third kappa shape index (κ3) is 3.54. The van der Waals surface area contributed by atoms with Crippen molar-refractivity contribution in [3.63, 3.8) is 0 Å². The highest BCUT2D eigenvalue weighted by Crippen LogP contribution is 2.26. The fourth-order valence-electron chi connectivity index (χ4n) is 2.12. The van der Waals surface area contributed by atoms with Gasteiger partial charge in [0, 0.05) is 23.9 Å². The van der Waals surface area contributed by atoms with Crippen molar-refractivity contribution < 1.29 is 9.53 Å². The Hall–Kier alpha value is -2.87. The summed E-state index contributed by atoms with van der Waals surface area (Å²) in [7, 11) is 1.36. The second-order valence-corrected chi connectivity index (χ2v) is 5.69. The van der Waals surface area contributed by atoms with Crippen LogP contribution in [0.15, 0.2) is 42.9 Å². The number of esters is 1. The number of benzene rings is 1. The van der Waals surface area contributed by atoms with Crippen LogP contribution >= 0.6 is 11.5 Å². The average Bonchev–Trinajstić information content (AvgIpc) is 3.06. The first-order valence-electron chi connectivity index (χ1n) is 7.18. The van der Waals surface area contributed by atoms with Gasteiger partial charge in [-0.25, -0.2) is 14.8 Å². The average molecular weight is 341 g/mol. The molecule has 0 bridgehead atoms. The normalized spacial score (nSPS) is 10.4. The van der Waals surface area contributed by atoms with Gasteiger partial charge in [0.15, 0.2) is 5.82 Å². The number of hydrogen-bond acceptors (Lipinski definition) is 8. The number of aryl methyl sites for hydroxylation is 1. The van der Waals surface area contributed by atoms with Crippen LogP contribution < -0.4 is 4.90 Å². The summed E-state index contributed by atoms with van der Waals surface area (Å²) in [5.41, 5.74) is 1.51. The molecule has 2 heterocycles. The quantitative estimate of drug-likeness (QED) is 0.660. The molecule has 0 radical (unpaired) electrons. The summed E-state index contributed by atoms with van der Waals surface area (Å²) in [5.74, 6) is 1.04. The van der Waals surface area contributed by atoms with Gasteiger partial charge in [-0.2, -0.15) is 4.37 Å². The Morgan fingerprint density at radius 2 is 2.04 bits per heavy atom. The highest BCUT2D eigenvalue weighted by atomic mass is 32.1. The molecule has 0 unspecified atom stereocenters. The summed E-state index contributed by atoms with van der Waals surface area (Å²) in [6.07, 6.45) is 4.94. The number of hydrogen-bond donors (Lipinski definition) is 0. The van der Waals surface area contributed by atoms with Crippen LogP contribution in [0.1, 0.15) is 21.7 Å². The largest absolute Gasteiger partial charge is 0.465 e. The van der Waals surface area contributed by atoms with E-state index in [4.69, 9.17) is 4.74 Å². The van der Waals surface area contributed by atoms with Crippen LogP contribution in [0, 0.1) is 6.92 Å². The van der Waals surface area contributed by atoms with Gasteiger partial charge in [-0.05, 0) is 24.6 Å². The van der Waals surface area contributed by atoms with Crippen LogP contribution in [0.2, 0.25) is 0 Å². The zero-order valence-corrected chi connectivity index (χ0v) is 14.0. The van der Waals surface area contributed by atoms with Crippen LogP contribution in [-0.4, -0.2) is 32.4 Å². The summed E-state index contributed by atoms with van der Waals surface area (Å²) in [6.45, 7) is 2.38. The van der Waals surface area contributed by atoms with E-state index in [0.717, 1.165) is 10.7 Å². The molecule has 0 aliphatic carbocycles. The number of carbonyl (C=O) groups is 1. The van der Waals surface area contributed by atoms with Gasteiger partial charge in [-0.3, -0.25) is 9.88 Å². The van der Waals surface area contributed by atoms with Gasteiger partial charge in [0.05, 0.1) is 25.4 Å². The Morgan fingerprint density at radius 1 is 1.25 bits per heavy atom. The molecule has 0 atom stereocenters. The second-order valence-electron chi connectivity index (χ2n) is 4.96. The highest BCUT2D eigenvalue weighted by Gasteiger charge is 2.16. The molecule has 8 heteroatoms. The number of rotatable bonds is 5. The minimum Gasteiger partial charge on any atom is -0.465 e. The van der Waals surface area contributed by atoms with E-state index in [2.05, 4.69) is 19.3 Å². The molecular formula is C16H15N5O2S. The Bertz CT molecular complexity index is 820. The summed E-state index contributed by atoms with van der Waals surface area (Å²) >= 11 is 1.31. The van der Waals surface area contributed by atoms with Crippen LogP contribution in [0.3, 0.4) is 0 Å². The van der Waals surface area contributed by atoms with Crippen molar-refractivity contribution in [3.05, 3.63) is 59.8 Å². The van der Waals surface area contributed by atoms with Gasteiger partial charge in [0.2, 0.25) is 5.13 Å². The fourth-order valence-corrected chi connectivity index (χ4v) is 2.80. The van der Waals surface area contributed by atoms with Gasteiger partial charge in [-0.1, -0.05) is 12.1 Å². The molecule has 0 saturated carbocycles. The van der Waals surface area contributed by atoms with Crippen molar-refractivity contribution in [1.82, 2.24) is 19.3 Å². The summed E-state index contributed by atoms with van der Waals surface area (Å²) in [4.78, 5) is 26.4. The molecule has 3 aromatic rings. The number of carbonyl (C=O) groups excluding carboxylic acids is 1. The Labute approximate surface area is 143 Å². The smallest absolute Gasteiger partial charge is 0.337 e. The second kappa shape index (κ2) is 7.14. The SMILES string of the molecule is COC(=O)c1ccc(CN(c2cnccn2)c2nc(C)ns2)cc1. The van der Waals surface area contributed by atoms with E-state index in [1.54, 1.807) is 30.7 Å². The topological polar surface area (TPSA) is 81.1 Å². The van der Waals surface area contributed by atoms with E-state index in [0.29, 0.717) is 23.8 Å². The van der Waals surface area contributed by atoms with Crippen LogP contribution in [0.4, 0.5) is 10.9 Å². The van der Waals surface area contributed by atoms with E-state index >= 15 is 0 Å². The number of methoxy groups -OCH3 is 1. The highest BCUT2D eigenvalue weighted by molar-refractivity contribution is 7.09. The molecule has 24 heavy (non-hydrogen) atoms. The molecule has 7 nitrogen and oxygen atoms in total. The van der Waals surface area contributed by atoms with Gasteiger partial charge in [0.25, 0.3) is 0 Å². The van der Waals surface area contributed by atoms with E-state index in [1.807, 2.05) is 24.0 Å². The number of ether oxygens (including phenoxy) is 1. The Morgan fingerprint density at radius 3 is 2.62 bits per heavy atom. The zero-order chi connectivity index (χ0) is 16.9. The molecular weight excluding hydrogens is 326 g/mol. The first-order chi connectivity index (χ1) is 11.7. The predicted octanol–water partition coefficient (Wildman–Crippen LogP) is 2.76. The molecule has 0 spiro atoms. The minimum absolute atomic E-state index is 0.355. The molecule has 0 fully saturated rings. The Kier molecular flexibility index (Phi) is 4.76. The third-order valence-corrected chi connectivity index (χ3v) is 4.12. The molecule has 0 amide bonds. The maximum atomic E-state index is 11.5. The number of aromatic nitrogens is 4. The molecule has 0 aliphatic heterocycles. The maximum Gasteiger partial charge on any atom is 0.337 e. The van der Waals surface area contributed by atoms with Crippen molar-refractivity contribution in [3.8, 4) is 0 Å². The van der Waals surface area contributed by atoms with Crippen molar-refractivity contribution in [2.45, 2.75) is 13.5 Å². The van der Waals surface area contributed by atoms with Crippen LogP contribution in [0.5, 0.6) is 0 Å². The lowest BCUT2D eigenvalue weighted by Gasteiger charge is -2.20. The lowest BCUT2D eigenvalue weighted by atomic mass is 10.1. The van der Waals surface area contributed by atoms with Crippen LogP contribution in [0.25, 0.3) is 0 Å². The van der Waals surface area contributed by atoms with Crippen molar-refractivity contribution in [1.29, 1.82) is 0 Å². The number of anilines is 2. The first kappa shape index (κ1) is 16.0. The lowest BCUT2D eigenvalue weighted by Crippen LogP contribution is -2.18. The van der Waals surface area contributed by atoms with E-state index in [1.165, 1.54) is 18.6 Å². The van der Waals surface area contributed by atoms with Crippen molar-refractivity contribution in [2.24, 2.45) is 0 Å². The predicted molar refractivity (Wildman–Crippen MR) is 90.3 cm³/mol. The summed E-state index contributed by atoms with van der Waals surface area (Å²) < 4.78 is 8.95. The van der Waals surface area contributed by atoms with Crippen LogP contribution in [-0.2, 0) is 11.3 Å². The molecule has 2 aromatic heterocycles. The molecule has 0 aliphatic rings. The molecule has 1 aromatic carbocycles. The summed E-state index contributed by atoms with van der Waals surface area (Å²) in [6, 6.07) is 7.23. The van der Waals surface area contributed by atoms with E-state index in [-0.39, 0.29) is 5.97 Å². The van der Waals surface area contributed by atoms with Crippen molar-refractivity contribution in [2.75, 3.05) is 12.0 Å². The molecule has 0 N–H and O–H groups in total. The minimum atomic E-state index is -0.355. The Balaban J connectivity index is 1.88. The monoisotopic (exact) mass is 341 g/mol. The van der Waals surface area contributed by atoms with Gasteiger partial charge < -0.3 is 4.74 Å². The summed E-state index contributed by atoms with van der Waals surface area (Å²) in [5, 5.41) is 0.741. The van der Waals surface area contributed by atoms with Gasteiger partial charge in [-0.15, -0.1) is 0 Å². The molecule has 3 rings (SSSR count). The first-order valence-corrected chi connectivity index (χ1v) is 7.96. The molecule has 122 valence electrons.